The summed E-state index contributed by atoms with van der Waals surface area (Å²) in [6.45, 7) is 5.55. The first-order chi connectivity index (χ1) is 20.6. The van der Waals surface area contributed by atoms with Crippen molar-refractivity contribution < 1.29 is 38.4 Å². The standard InChI is InChI=1S/C14H17NO5S3.C14H14O4S3.ClH/c1-20-8-9-22(16,17)12-3-5-13(6-4-12)23(18,19)14-7-2-11(10-15)21-14;1-3-11-5-10-14(19-11)21(17,18)13-8-6-12(7-9-13)20(15,16)4-2;/h2-7H,8-10,15H2,1H3;4-10H,2-3H2,1H3;1H. The van der Waals surface area contributed by atoms with Crippen molar-refractivity contribution in [1.29, 1.82) is 0 Å². The molecule has 0 fully saturated rings. The van der Waals surface area contributed by atoms with Crippen LogP contribution in [0.2, 0.25) is 0 Å². The van der Waals surface area contributed by atoms with Crippen molar-refractivity contribution in [3.8, 4) is 0 Å². The Kier molecular flexibility index (Phi) is 13.7. The van der Waals surface area contributed by atoms with Crippen molar-refractivity contribution in [2.75, 3.05) is 19.5 Å². The lowest BCUT2D eigenvalue weighted by Crippen LogP contribution is -2.11. The highest BCUT2D eigenvalue weighted by Gasteiger charge is 2.22. The maximum Gasteiger partial charge on any atom is 0.215 e. The van der Waals surface area contributed by atoms with Gasteiger partial charge in [-0.1, -0.05) is 13.5 Å². The summed E-state index contributed by atoms with van der Waals surface area (Å²) in [5, 5.41) is 0.837. The lowest BCUT2D eigenvalue weighted by atomic mass is 10.4. The molecule has 2 aromatic carbocycles. The first kappa shape index (κ1) is 38.8. The van der Waals surface area contributed by atoms with Gasteiger partial charge in [0.25, 0.3) is 0 Å². The molecular weight excluding hydrogens is 722 g/mol. The molecule has 0 unspecified atom stereocenters. The zero-order valence-corrected chi connectivity index (χ0v) is 29.9. The van der Waals surface area contributed by atoms with Crippen LogP contribution < -0.4 is 5.73 Å². The SMILES string of the molecule is C=CS(=O)(=O)c1ccc(S(=O)(=O)c2ccc(CC)s2)cc1.COCCS(=O)(=O)c1ccc(S(=O)(=O)c2ccc(CN)s2)cc1.Cl. The summed E-state index contributed by atoms with van der Waals surface area (Å²) in [5.41, 5.74) is 5.49. The van der Waals surface area contributed by atoms with Crippen molar-refractivity contribution >= 4 is 74.4 Å². The van der Waals surface area contributed by atoms with Gasteiger partial charge in [0.1, 0.15) is 8.42 Å². The summed E-state index contributed by atoms with van der Waals surface area (Å²) < 4.78 is 102. The highest BCUT2D eigenvalue weighted by atomic mass is 35.5. The molecule has 0 amide bonds. The molecule has 2 heterocycles. The minimum absolute atomic E-state index is 0. The number of rotatable bonds is 12. The minimum atomic E-state index is -3.66. The van der Waals surface area contributed by atoms with Crippen LogP contribution in [0.15, 0.2) is 113 Å². The zero-order chi connectivity index (χ0) is 32.8. The van der Waals surface area contributed by atoms with E-state index in [1.807, 2.05) is 6.92 Å². The van der Waals surface area contributed by atoms with E-state index in [-0.39, 0.29) is 59.3 Å². The van der Waals surface area contributed by atoms with Gasteiger partial charge in [0, 0.05) is 28.8 Å². The summed E-state index contributed by atoms with van der Waals surface area (Å²) >= 11 is 2.33. The number of hydrogen-bond donors (Lipinski definition) is 1. The fourth-order valence-electron chi connectivity index (χ4n) is 3.58. The molecule has 0 saturated heterocycles. The lowest BCUT2D eigenvalue weighted by molar-refractivity contribution is 0.217. The average molecular weight is 754 g/mol. The van der Waals surface area contributed by atoms with Gasteiger partial charge in [-0.25, -0.2) is 33.7 Å². The van der Waals surface area contributed by atoms with Gasteiger partial charge < -0.3 is 10.5 Å². The van der Waals surface area contributed by atoms with Gasteiger partial charge >= 0.3 is 0 Å². The van der Waals surface area contributed by atoms with Crippen molar-refractivity contribution in [3.05, 3.63) is 94.5 Å². The molecule has 17 heteroatoms. The summed E-state index contributed by atoms with van der Waals surface area (Å²) in [4.78, 5) is 1.98. The van der Waals surface area contributed by atoms with Gasteiger partial charge in [-0.15, -0.1) is 35.1 Å². The Balaban J connectivity index is 0.000000308. The van der Waals surface area contributed by atoms with E-state index in [1.165, 1.54) is 73.0 Å². The van der Waals surface area contributed by atoms with Gasteiger partial charge in [0.2, 0.25) is 19.7 Å². The second-order valence-corrected chi connectivity index (χ2v) is 19.7. The first-order valence-electron chi connectivity index (χ1n) is 12.8. The molecule has 0 aliphatic carbocycles. The van der Waals surface area contributed by atoms with Crippen molar-refractivity contribution in [2.24, 2.45) is 5.73 Å². The van der Waals surface area contributed by atoms with Crippen molar-refractivity contribution in [1.82, 2.24) is 0 Å². The predicted molar refractivity (Wildman–Crippen MR) is 178 cm³/mol. The molecule has 0 saturated carbocycles. The van der Waals surface area contributed by atoms with Crippen LogP contribution in [0.3, 0.4) is 0 Å². The summed E-state index contributed by atoms with van der Waals surface area (Å²) in [7, 11) is -12.9. The van der Waals surface area contributed by atoms with E-state index in [0.717, 1.165) is 32.9 Å². The van der Waals surface area contributed by atoms with Crippen LogP contribution in [0.25, 0.3) is 0 Å². The van der Waals surface area contributed by atoms with E-state index in [2.05, 4.69) is 6.58 Å². The van der Waals surface area contributed by atoms with E-state index >= 15 is 0 Å². The molecule has 0 aliphatic rings. The number of nitrogens with two attached hydrogens (primary N) is 1. The molecule has 0 bridgehead atoms. The topological polar surface area (TPSA) is 172 Å². The van der Waals surface area contributed by atoms with Crippen LogP contribution in [0.1, 0.15) is 16.7 Å². The highest BCUT2D eigenvalue weighted by Crippen LogP contribution is 2.30. The van der Waals surface area contributed by atoms with Crippen LogP contribution in [-0.2, 0) is 57.1 Å². The Hall–Kier alpha value is -2.41. The Morgan fingerprint density at radius 2 is 1.11 bits per heavy atom. The third-order valence-electron chi connectivity index (χ3n) is 6.08. The number of ether oxygens (including phenoxy) is 1. The normalized spacial score (nSPS) is 12.1. The number of hydrogen-bond acceptors (Lipinski definition) is 12. The van der Waals surface area contributed by atoms with Crippen molar-refractivity contribution in [3.63, 3.8) is 0 Å². The molecule has 2 aromatic heterocycles. The fraction of sp³-hybridized carbons (Fsp3) is 0.214. The zero-order valence-electron chi connectivity index (χ0n) is 24.2. The Labute approximate surface area is 278 Å². The van der Waals surface area contributed by atoms with Crippen LogP contribution in [0.5, 0.6) is 0 Å². The second kappa shape index (κ2) is 15.9. The molecule has 4 aromatic rings. The molecule has 0 atom stereocenters. The Morgan fingerprint density at radius 3 is 1.49 bits per heavy atom. The molecule has 45 heavy (non-hydrogen) atoms. The molecule has 10 nitrogen and oxygen atoms in total. The molecular formula is C28H32ClNO9S6. The maximum atomic E-state index is 12.5. The molecule has 0 aliphatic heterocycles. The van der Waals surface area contributed by atoms with Gasteiger partial charge in [0.05, 0.1) is 31.9 Å². The van der Waals surface area contributed by atoms with Gasteiger partial charge in [-0.2, -0.15) is 0 Å². The summed E-state index contributed by atoms with van der Waals surface area (Å²) in [6.07, 6.45) is 0.775. The van der Waals surface area contributed by atoms with Crippen LogP contribution in [-0.4, -0.2) is 53.1 Å². The Bertz CT molecular complexity index is 2030. The second-order valence-electron chi connectivity index (χ2n) is 8.97. The van der Waals surface area contributed by atoms with E-state index in [0.29, 0.717) is 0 Å². The summed E-state index contributed by atoms with van der Waals surface area (Å²) in [6, 6.07) is 16.9. The number of sulfone groups is 4. The van der Waals surface area contributed by atoms with Crippen LogP contribution in [0, 0.1) is 0 Å². The molecule has 2 N–H and O–H groups in total. The number of aryl methyl sites for hydroxylation is 1. The first-order valence-corrected chi connectivity index (χ1v) is 20.6. The molecule has 4 rings (SSSR count). The average Bonchev–Trinajstić information content (AvgIpc) is 3.72. The highest BCUT2D eigenvalue weighted by molar-refractivity contribution is 7.94. The maximum absolute atomic E-state index is 12.5. The number of halogens is 1. The largest absolute Gasteiger partial charge is 0.384 e. The number of methoxy groups -OCH3 is 1. The van der Waals surface area contributed by atoms with Gasteiger partial charge in [0.15, 0.2) is 19.7 Å². The van der Waals surface area contributed by atoms with Gasteiger partial charge in [-0.05, 0) is 79.2 Å². The predicted octanol–water partition coefficient (Wildman–Crippen LogP) is 4.94. The van der Waals surface area contributed by atoms with E-state index in [1.54, 1.807) is 18.2 Å². The number of thiophene rings is 2. The van der Waals surface area contributed by atoms with E-state index < -0.39 is 39.3 Å². The molecule has 0 radical (unpaired) electrons. The van der Waals surface area contributed by atoms with Crippen LogP contribution in [0.4, 0.5) is 0 Å². The van der Waals surface area contributed by atoms with Crippen LogP contribution >= 0.6 is 35.1 Å². The minimum Gasteiger partial charge on any atom is -0.384 e. The third-order valence-corrected chi connectivity index (χ3v) is 16.0. The molecule has 246 valence electrons. The quantitative estimate of drug-likeness (QED) is 0.209. The van der Waals surface area contributed by atoms with Gasteiger partial charge in [-0.3, -0.25) is 0 Å². The van der Waals surface area contributed by atoms with E-state index in [9.17, 15) is 33.7 Å². The summed E-state index contributed by atoms with van der Waals surface area (Å²) in [5.74, 6) is -0.152. The molecule has 0 spiro atoms. The monoisotopic (exact) mass is 753 g/mol. The number of benzene rings is 2. The Morgan fingerprint density at radius 1 is 0.689 bits per heavy atom. The lowest BCUT2D eigenvalue weighted by Gasteiger charge is -2.06. The third kappa shape index (κ3) is 9.33. The smallest absolute Gasteiger partial charge is 0.215 e. The van der Waals surface area contributed by atoms with Crippen molar-refractivity contribution in [2.45, 2.75) is 47.9 Å². The van der Waals surface area contributed by atoms with E-state index in [4.69, 9.17) is 10.5 Å². The fourth-order valence-corrected chi connectivity index (χ4v) is 10.8.